The van der Waals surface area contributed by atoms with Crippen molar-refractivity contribution in [3.8, 4) is 0 Å². The third kappa shape index (κ3) is 4.55. The van der Waals surface area contributed by atoms with Crippen molar-refractivity contribution in [1.29, 1.82) is 0 Å². The minimum atomic E-state index is -0.579. The smallest absolute Gasteiger partial charge is 0.410 e. The van der Waals surface area contributed by atoms with E-state index in [1.165, 1.54) is 11.8 Å². The van der Waals surface area contributed by atoms with Gasteiger partial charge in [0.2, 0.25) is 0 Å². The second kappa shape index (κ2) is 9.75. The van der Waals surface area contributed by atoms with E-state index in [0.29, 0.717) is 33.8 Å². The van der Waals surface area contributed by atoms with Crippen LogP contribution >= 0.6 is 55.2 Å². The van der Waals surface area contributed by atoms with E-state index in [-0.39, 0.29) is 39.2 Å². The second-order valence-corrected chi connectivity index (χ2v) is 12.2. The number of nitrogens with zero attached hydrogens (tertiary/aromatic N) is 4. The molecule has 6 nitrogen and oxygen atoms in total. The highest BCUT2D eigenvalue weighted by molar-refractivity contribution is 9.11. The zero-order valence-electron chi connectivity index (χ0n) is 19.4. The van der Waals surface area contributed by atoms with Crippen LogP contribution in [0.4, 0.5) is 15.0 Å². The van der Waals surface area contributed by atoms with Crippen LogP contribution < -0.4 is 4.90 Å². The number of fused-ring (bicyclic) bond motifs is 3. The maximum absolute atomic E-state index is 15.3. The minimum absolute atomic E-state index is 0.0433. The van der Waals surface area contributed by atoms with Crippen molar-refractivity contribution in [2.45, 2.75) is 68.9 Å². The maximum atomic E-state index is 15.3. The summed E-state index contributed by atoms with van der Waals surface area (Å²) in [7, 11) is 0. The average molecular weight is 637 g/mol. The molecule has 11 heteroatoms. The number of aromatic nitrogens is 2. The molecule has 4 rings (SSSR count). The van der Waals surface area contributed by atoms with Gasteiger partial charge in [0.15, 0.2) is 11.0 Å². The zero-order valence-corrected chi connectivity index (χ0v) is 24.1. The summed E-state index contributed by atoms with van der Waals surface area (Å²) in [4.78, 5) is 26.4. The summed E-state index contributed by atoms with van der Waals surface area (Å²) < 4.78 is 21.7. The lowest BCUT2D eigenvalue weighted by atomic mass is 9.99. The predicted octanol–water partition coefficient (Wildman–Crippen LogP) is 7.20. The molecule has 0 radical (unpaired) electrons. The van der Waals surface area contributed by atoms with Gasteiger partial charge in [-0.25, -0.2) is 19.2 Å². The number of ether oxygens (including phenoxy) is 1. The largest absolute Gasteiger partial charge is 0.444 e. The molecule has 1 aromatic carbocycles. The third-order valence-electron chi connectivity index (χ3n) is 6.14. The molecule has 34 heavy (non-hydrogen) atoms. The van der Waals surface area contributed by atoms with Gasteiger partial charge in [0.1, 0.15) is 16.9 Å². The van der Waals surface area contributed by atoms with Gasteiger partial charge in [-0.05, 0) is 78.1 Å². The summed E-state index contributed by atoms with van der Waals surface area (Å²) in [5, 5.41) is 1.20. The molecule has 3 atom stereocenters. The number of rotatable bonds is 4. The molecule has 2 aliphatic heterocycles. The van der Waals surface area contributed by atoms with E-state index < -0.39 is 11.4 Å². The lowest BCUT2D eigenvalue weighted by Crippen LogP contribution is -2.62. The quantitative estimate of drug-likeness (QED) is 0.116. The molecule has 3 heterocycles. The van der Waals surface area contributed by atoms with Crippen LogP contribution in [-0.4, -0.2) is 57.5 Å². The maximum Gasteiger partial charge on any atom is 0.410 e. The molecule has 2 aliphatic rings. The van der Waals surface area contributed by atoms with Gasteiger partial charge < -0.3 is 9.64 Å². The summed E-state index contributed by atoms with van der Waals surface area (Å²) in [6.45, 7) is 10.1. The van der Waals surface area contributed by atoms with Crippen molar-refractivity contribution in [2.24, 2.45) is 0 Å². The Labute approximate surface area is 224 Å². The molecule has 1 aromatic heterocycles. The molecule has 0 unspecified atom stereocenters. The Hall–Kier alpha value is -1.10. The monoisotopic (exact) mass is 634 g/mol. The Morgan fingerprint density at radius 1 is 1.32 bits per heavy atom. The molecular formula is C23H26Br2ClFN4O2S. The topological polar surface area (TPSA) is 58.6 Å². The number of amides is 1. The molecule has 2 aromatic rings. The summed E-state index contributed by atoms with van der Waals surface area (Å²) in [6, 6.07) is -0.226. The number of carbonyl (C=O) groups excluding carboxylic acids is 1. The Kier molecular flexibility index (Phi) is 7.45. The molecule has 0 saturated carbocycles. The van der Waals surface area contributed by atoms with Crippen molar-refractivity contribution in [1.82, 2.24) is 14.9 Å². The van der Waals surface area contributed by atoms with Crippen LogP contribution in [0.2, 0.25) is 5.02 Å². The van der Waals surface area contributed by atoms with Crippen molar-refractivity contribution < 1.29 is 13.9 Å². The van der Waals surface area contributed by atoms with E-state index in [1.807, 2.05) is 38.0 Å². The SMILES string of the molecule is C=CC[C@@H]1[C@@H]2CC[C@H](CN1c1nc(SC)nc3c(F)c(Br)c(Cl)c(Br)c13)N2C(=O)OC(C)(C)C. The van der Waals surface area contributed by atoms with E-state index in [1.54, 1.807) is 0 Å². The van der Waals surface area contributed by atoms with Crippen molar-refractivity contribution in [3.63, 3.8) is 0 Å². The number of benzene rings is 1. The number of hydrogen-bond acceptors (Lipinski definition) is 6. The molecule has 0 spiro atoms. The van der Waals surface area contributed by atoms with Crippen molar-refractivity contribution in [3.05, 3.63) is 32.4 Å². The van der Waals surface area contributed by atoms with Gasteiger partial charge in [0.25, 0.3) is 0 Å². The van der Waals surface area contributed by atoms with E-state index in [4.69, 9.17) is 21.3 Å². The van der Waals surface area contributed by atoms with Crippen molar-refractivity contribution in [2.75, 3.05) is 17.7 Å². The van der Waals surface area contributed by atoms with Gasteiger partial charge >= 0.3 is 6.09 Å². The normalized spacial score (nSPS) is 22.4. The van der Waals surface area contributed by atoms with E-state index in [2.05, 4.69) is 48.3 Å². The molecule has 2 fully saturated rings. The molecule has 2 saturated heterocycles. The van der Waals surface area contributed by atoms with Gasteiger partial charge in [0.05, 0.1) is 37.5 Å². The fourth-order valence-corrected chi connectivity index (χ4v) is 6.59. The molecule has 0 aliphatic carbocycles. The van der Waals surface area contributed by atoms with E-state index in [0.717, 1.165) is 12.8 Å². The van der Waals surface area contributed by atoms with Crippen LogP contribution in [-0.2, 0) is 4.74 Å². The standard InChI is InChI=1S/C23H26Br2ClFN4O2S/c1-6-7-12-13-9-8-11(31(13)22(32)33-23(2,3)4)10-30(12)20-14-15(24)17(26)16(25)18(27)19(14)28-21(29-20)34-5/h6,11-13H,1,7-10H2,2-5H3/t11-,12-,13+/m1/s1. The predicted molar refractivity (Wildman–Crippen MR) is 143 cm³/mol. The molecular weight excluding hydrogens is 611 g/mol. The lowest BCUT2D eigenvalue weighted by molar-refractivity contribution is 0.00766. The summed E-state index contributed by atoms with van der Waals surface area (Å²) in [5.41, 5.74) is -0.388. The molecule has 0 N–H and O–H groups in total. The van der Waals surface area contributed by atoms with Gasteiger partial charge in [-0.2, -0.15) is 0 Å². The first-order chi connectivity index (χ1) is 16.0. The minimum Gasteiger partial charge on any atom is -0.444 e. The molecule has 184 valence electrons. The van der Waals surface area contributed by atoms with E-state index >= 15 is 4.39 Å². The first-order valence-corrected chi connectivity index (χ1v) is 14.1. The summed E-state index contributed by atoms with van der Waals surface area (Å²) >= 11 is 14.6. The highest BCUT2D eigenvalue weighted by atomic mass is 79.9. The number of thioether (sulfide) groups is 1. The molecule has 1 amide bonds. The number of carbonyl (C=O) groups is 1. The first kappa shape index (κ1) is 26.0. The van der Waals surface area contributed by atoms with Gasteiger partial charge in [-0.1, -0.05) is 29.4 Å². The Balaban J connectivity index is 1.86. The van der Waals surface area contributed by atoms with Crippen LogP contribution in [0.3, 0.4) is 0 Å². The van der Waals surface area contributed by atoms with Crippen LogP contribution in [0.15, 0.2) is 26.8 Å². The first-order valence-electron chi connectivity index (χ1n) is 10.9. The highest BCUT2D eigenvalue weighted by Gasteiger charge is 2.50. The van der Waals surface area contributed by atoms with Crippen LogP contribution in [0.1, 0.15) is 40.0 Å². The number of anilines is 1. The average Bonchev–Trinajstić information content (AvgIpc) is 3.11. The van der Waals surface area contributed by atoms with E-state index in [9.17, 15) is 4.79 Å². The number of halogens is 4. The Morgan fingerprint density at radius 2 is 2.03 bits per heavy atom. The van der Waals surface area contributed by atoms with Crippen LogP contribution in [0.25, 0.3) is 10.9 Å². The van der Waals surface area contributed by atoms with Gasteiger partial charge in [0, 0.05) is 6.54 Å². The fourth-order valence-electron chi connectivity index (χ4n) is 4.83. The fraction of sp³-hybridized carbons (Fsp3) is 0.522. The Morgan fingerprint density at radius 3 is 2.65 bits per heavy atom. The summed E-state index contributed by atoms with van der Waals surface area (Å²) in [5.74, 6) is 0.0693. The Bertz CT molecular complexity index is 1160. The number of hydrogen-bond donors (Lipinski definition) is 0. The summed E-state index contributed by atoms with van der Waals surface area (Å²) in [6.07, 6.45) is 5.73. The van der Waals surface area contributed by atoms with Crippen molar-refractivity contribution >= 4 is 78.0 Å². The van der Waals surface area contributed by atoms with Gasteiger partial charge in [-0.15, -0.1) is 6.58 Å². The zero-order chi connectivity index (χ0) is 24.9. The lowest BCUT2D eigenvalue weighted by Gasteiger charge is -2.47. The second-order valence-electron chi connectivity index (χ2n) is 9.44. The van der Waals surface area contributed by atoms with Crippen LogP contribution in [0, 0.1) is 5.82 Å². The number of piperazine rings is 1. The molecule has 2 bridgehead atoms. The van der Waals surface area contributed by atoms with Gasteiger partial charge in [-0.3, -0.25) is 4.90 Å². The third-order valence-corrected chi connectivity index (χ3v) is 9.06. The van der Waals surface area contributed by atoms with Crippen LogP contribution in [0.5, 0.6) is 0 Å². The highest BCUT2D eigenvalue weighted by Crippen LogP contribution is 2.46.